The Hall–Kier alpha value is -4.66. The lowest BCUT2D eigenvalue weighted by Crippen LogP contribution is -2.37. The van der Waals surface area contributed by atoms with Gasteiger partial charge in [0.15, 0.2) is 17.6 Å². The number of methoxy groups -OCH3 is 1. The molecule has 0 bridgehead atoms. The topological polar surface area (TPSA) is 85.4 Å². The second kappa shape index (κ2) is 10.5. The zero-order valence-corrected chi connectivity index (χ0v) is 22.0. The van der Waals surface area contributed by atoms with Crippen molar-refractivity contribution >= 4 is 40.8 Å². The van der Waals surface area contributed by atoms with Crippen LogP contribution in [-0.2, 0) is 14.4 Å². The fraction of sp³-hybridized carbons (Fsp3) is 0.129. The average Bonchev–Trinajstić information content (AvgIpc) is 3.50. The van der Waals surface area contributed by atoms with E-state index < -0.39 is 29.9 Å². The van der Waals surface area contributed by atoms with Crippen LogP contribution in [0.25, 0.3) is 0 Å². The molecule has 4 aromatic rings. The molecule has 3 atom stereocenters. The number of esters is 1. The number of nitrogens with zero attached hydrogens (tertiary/aromatic N) is 2. The van der Waals surface area contributed by atoms with Gasteiger partial charge in [-0.3, -0.25) is 14.4 Å². The quantitative estimate of drug-likeness (QED) is 0.174. The van der Waals surface area contributed by atoms with Crippen LogP contribution < -0.4 is 19.4 Å². The summed E-state index contributed by atoms with van der Waals surface area (Å²) < 4.78 is 11.2. The number of fused-ring (bicyclic) bond motifs is 1. The lowest BCUT2D eigenvalue weighted by atomic mass is 9.90. The predicted molar refractivity (Wildman–Crippen MR) is 148 cm³/mol. The van der Waals surface area contributed by atoms with Gasteiger partial charge in [0.2, 0.25) is 5.91 Å². The first-order valence-corrected chi connectivity index (χ1v) is 12.9. The molecular formula is C31H23ClN2O6. The second-order valence-corrected chi connectivity index (χ2v) is 9.75. The third-order valence-electron chi connectivity index (χ3n) is 6.95. The number of para-hydroxylation sites is 1. The van der Waals surface area contributed by atoms with E-state index in [4.69, 9.17) is 25.9 Å². The molecule has 0 spiro atoms. The number of carbonyl (C=O) groups excluding carboxylic acids is 3. The maximum Gasteiger partial charge on any atom is 0.343 e. The van der Waals surface area contributed by atoms with Gasteiger partial charge in [-0.25, -0.2) is 14.8 Å². The number of benzene rings is 4. The number of imide groups is 1. The molecule has 0 aliphatic carbocycles. The first kappa shape index (κ1) is 25.6. The highest BCUT2D eigenvalue weighted by Crippen LogP contribution is 2.48. The highest BCUT2D eigenvalue weighted by molar-refractivity contribution is 6.31. The summed E-state index contributed by atoms with van der Waals surface area (Å²) in [5, 5.41) is 2.09. The zero-order chi connectivity index (χ0) is 27.8. The number of carbonyl (C=O) groups is 3. The SMILES string of the molecule is COc1cc([C@H]2[C@H]3C(=O)N(c4ccc(Cl)cc4)C(=O)[C@H]3ON2c2ccccc2)ccc1OC(=O)c1ccccc1. The summed E-state index contributed by atoms with van der Waals surface area (Å²) in [5.41, 5.74) is 2.14. The van der Waals surface area contributed by atoms with E-state index in [2.05, 4.69) is 0 Å². The number of amides is 2. The minimum atomic E-state index is -1.03. The number of ether oxygens (including phenoxy) is 2. The van der Waals surface area contributed by atoms with E-state index in [0.717, 1.165) is 4.90 Å². The van der Waals surface area contributed by atoms with E-state index in [1.165, 1.54) is 7.11 Å². The predicted octanol–water partition coefficient (Wildman–Crippen LogP) is 5.62. The summed E-state index contributed by atoms with van der Waals surface area (Å²) >= 11 is 6.02. The lowest BCUT2D eigenvalue weighted by molar-refractivity contribution is -0.126. The molecule has 2 heterocycles. The van der Waals surface area contributed by atoms with Crippen LogP contribution in [0.1, 0.15) is 22.0 Å². The third kappa shape index (κ3) is 4.47. The number of rotatable bonds is 6. The number of anilines is 2. The van der Waals surface area contributed by atoms with Gasteiger partial charge in [0.1, 0.15) is 5.92 Å². The fourth-order valence-electron chi connectivity index (χ4n) is 5.08. The first-order valence-electron chi connectivity index (χ1n) is 12.6. The van der Waals surface area contributed by atoms with Gasteiger partial charge in [-0.05, 0) is 66.2 Å². The van der Waals surface area contributed by atoms with Crippen LogP contribution in [0.2, 0.25) is 5.02 Å². The van der Waals surface area contributed by atoms with Crippen LogP contribution in [0.4, 0.5) is 11.4 Å². The highest BCUT2D eigenvalue weighted by atomic mass is 35.5. The molecule has 2 saturated heterocycles. The van der Waals surface area contributed by atoms with Crippen LogP contribution in [0.15, 0.2) is 103 Å². The van der Waals surface area contributed by atoms with Crippen molar-refractivity contribution in [2.75, 3.05) is 17.1 Å². The van der Waals surface area contributed by atoms with Crippen LogP contribution in [0.3, 0.4) is 0 Å². The van der Waals surface area contributed by atoms with Gasteiger partial charge in [0, 0.05) is 5.02 Å². The maximum atomic E-state index is 13.8. The minimum Gasteiger partial charge on any atom is -0.493 e. The van der Waals surface area contributed by atoms with Crippen molar-refractivity contribution in [3.8, 4) is 11.5 Å². The highest BCUT2D eigenvalue weighted by Gasteiger charge is 2.60. The molecule has 0 unspecified atom stereocenters. The van der Waals surface area contributed by atoms with Gasteiger partial charge >= 0.3 is 5.97 Å². The molecule has 2 fully saturated rings. The number of hydroxylamine groups is 1. The molecule has 200 valence electrons. The summed E-state index contributed by atoms with van der Waals surface area (Å²) in [7, 11) is 1.47. The Bertz CT molecular complexity index is 1580. The van der Waals surface area contributed by atoms with E-state index in [1.807, 2.05) is 36.4 Å². The summed E-state index contributed by atoms with van der Waals surface area (Å²) in [6, 6.07) is 28.8. The van der Waals surface area contributed by atoms with Crippen molar-refractivity contribution < 1.29 is 28.7 Å². The van der Waals surface area contributed by atoms with E-state index in [-0.39, 0.29) is 11.7 Å². The van der Waals surface area contributed by atoms with E-state index in [9.17, 15) is 14.4 Å². The number of halogens is 1. The van der Waals surface area contributed by atoms with Crippen LogP contribution in [0, 0.1) is 5.92 Å². The van der Waals surface area contributed by atoms with Crippen molar-refractivity contribution in [2.24, 2.45) is 5.92 Å². The Morgan fingerprint density at radius 2 is 1.48 bits per heavy atom. The van der Waals surface area contributed by atoms with E-state index in [0.29, 0.717) is 33.3 Å². The molecule has 4 aromatic carbocycles. The van der Waals surface area contributed by atoms with Crippen LogP contribution in [-0.4, -0.2) is 31.0 Å². The molecule has 0 N–H and O–H groups in total. The van der Waals surface area contributed by atoms with Gasteiger partial charge in [-0.15, -0.1) is 0 Å². The van der Waals surface area contributed by atoms with Crippen molar-refractivity contribution in [3.63, 3.8) is 0 Å². The largest absolute Gasteiger partial charge is 0.493 e. The first-order chi connectivity index (χ1) is 19.5. The van der Waals surface area contributed by atoms with Crippen molar-refractivity contribution in [2.45, 2.75) is 12.1 Å². The van der Waals surface area contributed by atoms with Crippen molar-refractivity contribution in [3.05, 3.63) is 119 Å². The second-order valence-electron chi connectivity index (χ2n) is 9.31. The van der Waals surface area contributed by atoms with Gasteiger partial charge in [-0.1, -0.05) is 54.1 Å². The van der Waals surface area contributed by atoms with Crippen LogP contribution >= 0.6 is 11.6 Å². The summed E-state index contributed by atoms with van der Waals surface area (Å²) in [6.45, 7) is 0. The molecule has 8 nitrogen and oxygen atoms in total. The zero-order valence-electron chi connectivity index (χ0n) is 21.3. The molecule has 2 aliphatic heterocycles. The minimum absolute atomic E-state index is 0.221. The molecule has 0 saturated carbocycles. The molecule has 6 rings (SSSR count). The molecule has 9 heteroatoms. The molecule has 0 aromatic heterocycles. The monoisotopic (exact) mass is 554 g/mol. The maximum absolute atomic E-state index is 13.8. The average molecular weight is 555 g/mol. The Labute approximate surface area is 235 Å². The number of hydrogen-bond donors (Lipinski definition) is 0. The van der Waals surface area contributed by atoms with E-state index in [1.54, 1.807) is 71.8 Å². The van der Waals surface area contributed by atoms with Gasteiger partial charge in [-0.2, -0.15) is 0 Å². The molecule has 0 radical (unpaired) electrons. The fourth-order valence-corrected chi connectivity index (χ4v) is 5.21. The Kier molecular flexibility index (Phi) is 6.71. The summed E-state index contributed by atoms with van der Waals surface area (Å²) in [5.74, 6) is -1.70. The Balaban J connectivity index is 1.38. The van der Waals surface area contributed by atoms with Gasteiger partial charge in [0.25, 0.3) is 5.91 Å². The Morgan fingerprint density at radius 1 is 0.800 bits per heavy atom. The molecule has 2 amide bonds. The standard InChI is InChI=1S/C31H23ClN2O6/c1-38-25-18-20(12-17-24(25)39-31(37)19-8-4-2-5-9-19)27-26-28(40-34(27)23-10-6-3-7-11-23)30(36)33(29(26)35)22-15-13-21(32)14-16-22/h2-18,26-28H,1H3/t26-,27+,28+/m1/s1. The van der Waals surface area contributed by atoms with Crippen molar-refractivity contribution in [1.82, 2.24) is 0 Å². The molecule has 40 heavy (non-hydrogen) atoms. The van der Waals surface area contributed by atoms with E-state index >= 15 is 0 Å². The molecular weight excluding hydrogens is 532 g/mol. The van der Waals surface area contributed by atoms with Crippen LogP contribution in [0.5, 0.6) is 11.5 Å². The summed E-state index contributed by atoms with van der Waals surface area (Å²) in [6.07, 6.45) is -1.03. The Morgan fingerprint density at radius 3 is 2.15 bits per heavy atom. The third-order valence-corrected chi connectivity index (χ3v) is 7.20. The number of hydrogen-bond acceptors (Lipinski definition) is 7. The molecule has 2 aliphatic rings. The van der Waals surface area contributed by atoms with Gasteiger partial charge < -0.3 is 9.47 Å². The van der Waals surface area contributed by atoms with Crippen molar-refractivity contribution in [1.29, 1.82) is 0 Å². The summed E-state index contributed by atoms with van der Waals surface area (Å²) in [4.78, 5) is 47.4. The lowest BCUT2D eigenvalue weighted by Gasteiger charge is -2.29. The normalized spacial score (nSPS) is 20.0. The smallest absolute Gasteiger partial charge is 0.343 e. The van der Waals surface area contributed by atoms with Gasteiger partial charge in [0.05, 0.1) is 30.1 Å².